The van der Waals surface area contributed by atoms with Crippen LogP contribution in [0.3, 0.4) is 0 Å². The standard InChI is InChI=1S/C22H26ClNO2S/c1-2-26-21-12-7-17(22(25)24-13-5-3-4-6-14-24)15-18(21)16-27-20-10-8-19(23)9-11-20/h7-12,15H,2-6,13-14,16H2,1H3. The Kier molecular flexibility index (Phi) is 7.48. The van der Waals surface area contributed by atoms with Gasteiger partial charge in [-0.1, -0.05) is 24.4 Å². The maximum Gasteiger partial charge on any atom is 0.253 e. The van der Waals surface area contributed by atoms with Crippen molar-refractivity contribution in [2.45, 2.75) is 43.3 Å². The molecule has 5 heteroatoms. The van der Waals surface area contributed by atoms with Crippen LogP contribution in [0.2, 0.25) is 5.02 Å². The Morgan fingerprint density at radius 2 is 1.78 bits per heavy atom. The van der Waals surface area contributed by atoms with Crippen molar-refractivity contribution in [3.8, 4) is 5.75 Å². The fourth-order valence-electron chi connectivity index (χ4n) is 3.27. The molecular formula is C22H26ClNO2S. The first-order valence-corrected chi connectivity index (χ1v) is 11.0. The van der Waals surface area contributed by atoms with Crippen LogP contribution in [0.25, 0.3) is 0 Å². The number of hydrogen-bond donors (Lipinski definition) is 0. The lowest BCUT2D eigenvalue weighted by Crippen LogP contribution is -2.31. The number of nitrogens with zero attached hydrogens (tertiary/aromatic N) is 1. The number of likely N-dealkylation sites (tertiary alicyclic amines) is 1. The molecular weight excluding hydrogens is 378 g/mol. The van der Waals surface area contributed by atoms with E-state index in [-0.39, 0.29) is 5.91 Å². The second-order valence-electron chi connectivity index (χ2n) is 6.70. The van der Waals surface area contributed by atoms with Crippen molar-refractivity contribution in [1.82, 2.24) is 4.90 Å². The van der Waals surface area contributed by atoms with Crippen LogP contribution in [-0.2, 0) is 5.75 Å². The van der Waals surface area contributed by atoms with Crippen molar-refractivity contribution in [3.05, 3.63) is 58.6 Å². The number of rotatable bonds is 6. The summed E-state index contributed by atoms with van der Waals surface area (Å²) in [4.78, 5) is 16.1. The highest BCUT2D eigenvalue weighted by atomic mass is 35.5. The molecule has 1 fully saturated rings. The van der Waals surface area contributed by atoms with E-state index >= 15 is 0 Å². The summed E-state index contributed by atoms with van der Waals surface area (Å²) < 4.78 is 5.79. The number of carbonyl (C=O) groups is 1. The molecule has 1 aliphatic rings. The summed E-state index contributed by atoms with van der Waals surface area (Å²) in [5.74, 6) is 1.74. The Hall–Kier alpha value is -1.65. The third kappa shape index (κ3) is 5.66. The summed E-state index contributed by atoms with van der Waals surface area (Å²) in [5, 5.41) is 0.736. The summed E-state index contributed by atoms with van der Waals surface area (Å²) in [6.45, 7) is 4.31. The quantitative estimate of drug-likeness (QED) is 0.550. The van der Waals surface area contributed by atoms with Gasteiger partial charge in [-0.2, -0.15) is 0 Å². The first-order chi connectivity index (χ1) is 13.2. The van der Waals surface area contributed by atoms with Crippen LogP contribution >= 0.6 is 23.4 Å². The first-order valence-electron chi connectivity index (χ1n) is 9.60. The Morgan fingerprint density at radius 3 is 2.44 bits per heavy atom. The molecule has 144 valence electrons. The van der Waals surface area contributed by atoms with E-state index in [2.05, 4.69) is 0 Å². The lowest BCUT2D eigenvalue weighted by atomic mass is 10.1. The third-order valence-corrected chi connectivity index (χ3v) is 6.02. The molecule has 0 spiro atoms. The first kappa shape index (κ1) is 20.1. The Bertz CT molecular complexity index is 755. The highest BCUT2D eigenvalue weighted by Crippen LogP contribution is 2.30. The zero-order valence-corrected chi connectivity index (χ0v) is 17.3. The molecule has 0 aromatic heterocycles. The summed E-state index contributed by atoms with van der Waals surface area (Å²) in [6, 6.07) is 13.7. The van der Waals surface area contributed by atoms with Crippen molar-refractivity contribution in [3.63, 3.8) is 0 Å². The lowest BCUT2D eigenvalue weighted by Gasteiger charge is -2.21. The van der Waals surface area contributed by atoms with Crippen LogP contribution in [0.4, 0.5) is 0 Å². The van der Waals surface area contributed by atoms with E-state index in [1.54, 1.807) is 11.8 Å². The van der Waals surface area contributed by atoms with E-state index in [1.165, 1.54) is 12.8 Å². The van der Waals surface area contributed by atoms with E-state index < -0.39 is 0 Å². The van der Waals surface area contributed by atoms with Crippen LogP contribution in [0.5, 0.6) is 5.75 Å². The zero-order chi connectivity index (χ0) is 19.1. The molecule has 1 saturated heterocycles. The fraction of sp³-hybridized carbons (Fsp3) is 0.409. The van der Waals surface area contributed by atoms with Crippen LogP contribution < -0.4 is 4.74 Å². The molecule has 0 N–H and O–H groups in total. The molecule has 3 nitrogen and oxygen atoms in total. The average Bonchev–Trinajstić information content (AvgIpc) is 2.97. The van der Waals surface area contributed by atoms with Crippen LogP contribution in [-0.4, -0.2) is 30.5 Å². The molecule has 0 unspecified atom stereocenters. The second-order valence-corrected chi connectivity index (χ2v) is 8.19. The van der Waals surface area contributed by atoms with Crippen molar-refractivity contribution in [2.24, 2.45) is 0 Å². The predicted molar refractivity (Wildman–Crippen MR) is 113 cm³/mol. The Labute approximate surface area is 171 Å². The fourth-order valence-corrected chi connectivity index (χ4v) is 4.27. The smallest absolute Gasteiger partial charge is 0.253 e. The number of halogens is 1. The van der Waals surface area contributed by atoms with Gasteiger partial charge in [-0.25, -0.2) is 0 Å². The maximum atomic E-state index is 12.9. The second kappa shape index (κ2) is 10.0. The lowest BCUT2D eigenvalue weighted by molar-refractivity contribution is 0.0761. The zero-order valence-electron chi connectivity index (χ0n) is 15.7. The molecule has 0 saturated carbocycles. The number of benzene rings is 2. The van der Waals surface area contributed by atoms with Gasteiger partial charge in [-0.05, 0) is 62.2 Å². The normalized spacial score (nSPS) is 14.7. The highest BCUT2D eigenvalue weighted by molar-refractivity contribution is 7.98. The maximum absolute atomic E-state index is 12.9. The van der Waals surface area contributed by atoms with Crippen molar-refractivity contribution in [1.29, 1.82) is 0 Å². The highest BCUT2D eigenvalue weighted by Gasteiger charge is 2.18. The molecule has 27 heavy (non-hydrogen) atoms. The third-order valence-electron chi connectivity index (χ3n) is 4.71. The van der Waals surface area contributed by atoms with Gasteiger partial charge in [0.15, 0.2) is 0 Å². The molecule has 0 bridgehead atoms. The van der Waals surface area contributed by atoms with Gasteiger partial charge in [0.1, 0.15) is 5.75 Å². The van der Waals surface area contributed by atoms with Gasteiger partial charge in [0.25, 0.3) is 5.91 Å². The minimum absolute atomic E-state index is 0.137. The minimum Gasteiger partial charge on any atom is -0.494 e. The SMILES string of the molecule is CCOc1ccc(C(=O)N2CCCCCC2)cc1CSc1ccc(Cl)cc1. The molecule has 2 aromatic carbocycles. The molecule has 0 atom stereocenters. The van der Waals surface area contributed by atoms with Crippen molar-refractivity contribution < 1.29 is 9.53 Å². The molecule has 0 aliphatic carbocycles. The number of ether oxygens (including phenoxy) is 1. The Balaban J connectivity index is 1.76. The van der Waals surface area contributed by atoms with Gasteiger partial charge in [-0.3, -0.25) is 4.79 Å². The largest absolute Gasteiger partial charge is 0.494 e. The van der Waals surface area contributed by atoms with E-state index in [4.69, 9.17) is 16.3 Å². The monoisotopic (exact) mass is 403 g/mol. The van der Waals surface area contributed by atoms with Gasteiger partial charge in [-0.15, -0.1) is 11.8 Å². The van der Waals surface area contributed by atoms with Crippen LogP contribution in [0.1, 0.15) is 48.5 Å². The molecule has 1 aliphatic heterocycles. The van der Waals surface area contributed by atoms with E-state index in [0.29, 0.717) is 6.61 Å². The molecule has 1 heterocycles. The Morgan fingerprint density at radius 1 is 1.07 bits per heavy atom. The predicted octanol–water partition coefficient (Wildman–Crippen LogP) is 6.05. The molecule has 2 aromatic rings. The van der Waals surface area contributed by atoms with Gasteiger partial charge < -0.3 is 9.64 Å². The van der Waals surface area contributed by atoms with E-state index in [9.17, 15) is 4.79 Å². The average molecular weight is 404 g/mol. The topological polar surface area (TPSA) is 29.5 Å². The molecule has 3 rings (SSSR count). The van der Waals surface area contributed by atoms with Crippen molar-refractivity contribution in [2.75, 3.05) is 19.7 Å². The summed E-state index contributed by atoms with van der Waals surface area (Å²) in [7, 11) is 0. The van der Waals surface area contributed by atoms with Gasteiger partial charge in [0.2, 0.25) is 0 Å². The van der Waals surface area contributed by atoms with E-state index in [1.807, 2.05) is 54.3 Å². The summed E-state index contributed by atoms with van der Waals surface area (Å²) >= 11 is 7.68. The number of hydrogen-bond acceptors (Lipinski definition) is 3. The number of amides is 1. The van der Waals surface area contributed by atoms with Gasteiger partial charge in [0, 0.05) is 39.9 Å². The van der Waals surface area contributed by atoms with Gasteiger partial charge >= 0.3 is 0 Å². The summed E-state index contributed by atoms with van der Waals surface area (Å²) in [5.41, 5.74) is 1.81. The van der Waals surface area contributed by atoms with Crippen LogP contribution in [0.15, 0.2) is 47.4 Å². The number of carbonyl (C=O) groups excluding carboxylic acids is 1. The number of thioether (sulfide) groups is 1. The van der Waals surface area contributed by atoms with E-state index in [0.717, 1.165) is 58.5 Å². The van der Waals surface area contributed by atoms with Gasteiger partial charge in [0.05, 0.1) is 6.61 Å². The van der Waals surface area contributed by atoms with Crippen molar-refractivity contribution >= 4 is 29.3 Å². The van der Waals surface area contributed by atoms with Crippen LogP contribution in [0, 0.1) is 0 Å². The molecule has 0 radical (unpaired) electrons. The summed E-state index contributed by atoms with van der Waals surface area (Å²) in [6.07, 6.45) is 4.64. The molecule has 1 amide bonds. The minimum atomic E-state index is 0.137.